The number of benzene rings is 2. The van der Waals surface area contributed by atoms with E-state index in [0.717, 1.165) is 5.75 Å². The van der Waals surface area contributed by atoms with Crippen LogP contribution in [0.4, 0.5) is 0 Å². The van der Waals surface area contributed by atoms with Gasteiger partial charge in [0.25, 0.3) is 5.91 Å². The minimum atomic E-state index is -0.381. The third-order valence-electron chi connectivity index (χ3n) is 4.13. The van der Waals surface area contributed by atoms with Crippen LogP contribution in [0, 0.1) is 0 Å². The number of nitrogens with zero attached hydrogens (tertiary/aromatic N) is 1. The Hall–Kier alpha value is -3.22. The molecule has 0 aromatic heterocycles. The van der Waals surface area contributed by atoms with E-state index >= 15 is 0 Å². The van der Waals surface area contributed by atoms with Crippen LogP contribution in [-0.2, 0) is 9.53 Å². The fourth-order valence-electron chi connectivity index (χ4n) is 2.58. The maximum Gasteiger partial charge on any atom is 0.307 e. The molecule has 150 valence electrons. The van der Waals surface area contributed by atoms with Crippen molar-refractivity contribution in [3.63, 3.8) is 0 Å². The number of rotatable bonds is 10. The van der Waals surface area contributed by atoms with Crippen LogP contribution in [0.5, 0.6) is 17.2 Å². The molecule has 0 aliphatic carbocycles. The van der Waals surface area contributed by atoms with Gasteiger partial charge in [-0.2, -0.15) is 0 Å². The molecule has 0 heterocycles. The molecule has 0 aliphatic rings. The molecule has 0 saturated carbocycles. The van der Waals surface area contributed by atoms with E-state index in [4.69, 9.17) is 14.2 Å². The van der Waals surface area contributed by atoms with Gasteiger partial charge in [0.2, 0.25) is 0 Å². The van der Waals surface area contributed by atoms with Gasteiger partial charge < -0.3 is 23.8 Å². The molecule has 0 fully saturated rings. The van der Waals surface area contributed by atoms with Gasteiger partial charge in [-0.15, -0.1) is 0 Å². The fraction of sp³-hybridized carbons (Fsp3) is 0.333. The maximum absolute atomic E-state index is 13.0. The summed E-state index contributed by atoms with van der Waals surface area (Å²) in [5, 5.41) is 0. The average molecular weight is 387 g/mol. The lowest BCUT2D eigenvalue weighted by Gasteiger charge is -2.23. The number of amides is 1. The molecule has 0 saturated heterocycles. The number of para-hydroxylation sites is 1. The van der Waals surface area contributed by atoms with Gasteiger partial charge in [-0.25, -0.2) is 0 Å². The number of ether oxygens (including phenoxy) is 4. The molecule has 7 nitrogen and oxygen atoms in total. The largest absolute Gasteiger partial charge is 0.497 e. The highest BCUT2D eigenvalue weighted by atomic mass is 16.5. The fourth-order valence-corrected chi connectivity index (χ4v) is 2.58. The Labute approximate surface area is 164 Å². The zero-order valence-electron chi connectivity index (χ0n) is 16.3. The summed E-state index contributed by atoms with van der Waals surface area (Å²) in [6.07, 6.45) is 0.0971. The SMILES string of the molecule is COC(=O)CCN(CCOc1ccc(OC)cc1)C(=O)c1ccccc1OC. The summed E-state index contributed by atoms with van der Waals surface area (Å²) < 4.78 is 20.8. The molecule has 2 aromatic carbocycles. The molecule has 28 heavy (non-hydrogen) atoms. The second-order valence-corrected chi connectivity index (χ2v) is 5.84. The molecule has 0 bridgehead atoms. The molecular weight excluding hydrogens is 362 g/mol. The van der Waals surface area contributed by atoms with Crippen molar-refractivity contribution in [1.29, 1.82) is 0 Å². The van der Waals surface area contributed by atoms with Crippen LogP contribution in [0.15, 0.2) is 48.5 Å². The van der Waals surface area contributed by atoms with Crippen LogP contribution in [0.3, 0.4) is 0 Å². The van der Waals surface area contributed by atoms with Gasteiger partial charge in [-0.3, -0.25) is 9.59 Å². The lowest BCUT2D eigenvalue weighted by atomic mass is 10.1. The van der Waals surface area contributed by atoms with Crippen molar-refractivity contribution in [2.24, 2.45) is 0 Å². The molecule has 0 aliphatic heterocycles. The first-order valence-corrected chi connectivity index (χ1v) is 8.85. The molecular formula is C21H25NO6. The van der Waals surface area contributed by atoms with E-state index in [1.807, 2.05) is 0 Å². The second-order valence-electron chi connectivity index (χ2n) is 5.84. The summed E-state index contributed by atoms with van der Waals surface area (Å²) in [5.41, 5.74) is 0.430. The first kappa shape index (κ1) is 21.1. The lowest BCUT2D eigenvalue weighted by molar-refractivity contribution is -0.140. The Bertz CT molecular complexity index is 775. The van der Waals surface area contributed by atoms with Gasteiger partial charge >= 0.3 is 5.97 Å². The first-order chi connectivity index (χ1) is 13.6. The monoisotopic (exact) mass is 387 g/mol. The zero-order valence-corrected chi connectivity index (χ0v) is 16.3. The quantitative estimate of drug-likeness (QED) is 0.584. The van der Waals surface area contributed by atoms with E-state index in [2.05, 4.69) is 4.74 Å². The van der Waals surface area contributed by atoms with Crippen molar-refractivity contribution in [1.82, 2.24) is 4.90 Å². The summed E-state index contributed by atoms with van der Waals surface area (Å²) in [7, 11) is 4.43. The van der Waals surface area contributed by atoms with Gasteiger partial charge in [-0.1, -0.05) is 12.1 Å². The highest BCUT2D eigenvalue weighted by Crippen LogP contribution is 2.20. The number of hydrogen-bond donors (Lipinski definition) is 0. The summed E-state index contributed by atoms with van der Waals surface area (Å²) in [6, 6.07) is 14.1. The Balaban J connectivity index is 2.05. The van der Waals surface area contributed by atoms with Crippen LogP contribution in [0.2, 0.25) is 0 Å². The Morgan fingerprint density at radius 3 is 2.18 bits per heavy atom. The number of esters is 1. The van der Waals surface area contributed by atoms with E-state index in [1.54, 1.807) is 60.5 Å². The summed E-state index contributed by atoms with van der Waals surface area (Å²) in [6.45, 7) is 0.795. The summed E-state index contributed by atoms with van der Waals surface area (Å²) in [4.78, 5) is 26.1. The number of carbonyl (C=O) groups excluding carboxylic acids is 2. The predicted octanol–water partition coefficient (Wildman–Crippen LogP) is 2.79. The number of methoxy groups -OCH3 is 3. The van der Waals surface area contributed by atoms with E-state index in [1.165, 1.54) is 14.2 Å². The highest BCUT2D eigenvalue weighted by Gasteiger charge is 2.20. The Morgan fingerprint density at radius 1 is 0.857 bits per heavy atom. The van der Waals surface area contributed by atoms with Crippen molar-refractivity contribution in [2.75, 3.05) is 41.0 Å². The topological polar surface area (TPSA) is 74.3 Å². The average Bonchev–Trinajstić information content (AvgIpc) is 2.75. The van der Waals surface area contributed by atoms with Crippen molar-refractivity contribution >= 4 is 11.9 Å². The predicted molar refractivity (Wildman–Crippen MR) is 104 cm³/mol. The number of carbonyl (C=O) groups is 2. The smallest absolute Gasteiger partial charge is 0.307 e. The first-order valence-electron chi connectivity index (χ1n) is 8.85. The van der Waals surface area contributed by atoms with Crippen LogP contribution in [0.1, 0.15) is 16.8 Å². The van der Waals surface area contributed by atoms with Gasteiger partial charge in [0.15, 0.2) is 0 Å². The van der Waals surface area contributed by atoms with Crippen LogP contribution < -0.4 is 14.2 Å². The molecule has 7 heteroatoms. The van der Waals surface area contributed by atoms with Gasteiger partial charge in [0.05, 0.1) is 39.9 Å². The minimum absolute atomic E-state index is 0.0971. The molecule has 0 atom stereocenters. The van der Waals surface area contributed by atoms with Crippen LogP contribution in [-0.4, -0.2) is 57.8 Å². The number of hydrogen-bond acceptors (Lipinski definition) is 6. The summed E-state index contributed by atoms with van der Waals surface area (Å²) >= 11 is 0. The minimum Gasteiger partial charge on any atom is -0.497 e. The highest BCUT2D eigenvalue weighted by molar-refractivity contribution is 5.97. The van der Waals surface area contributed by atoms with Gasteiger partial charge in [-0.05, 0) is 36.4 Å². The van der Waals surface area contributed by atoms with E-state index in [-0.39, 0.29) is 31.4 Å². The van der Waals surface area contributed by atoms with Crippen LogP contribution in [0.25, 0.3) is 0 Å². The molecule has 0 N–H and O–H groups in total. The third kappa shape index (κ3) is 5.90. The third-order valence-corrected chi connectivity index (χ3v) is 4.13. The maximum atomic E-state index is 13.0. The van der Waals surface area contributed by atoms with E-state index in [9.17, 15) is 9.59 Å². The van der Waals surface area contributed by atoms with E-state index < -0.39 is 0 Å². The van der Waals surface area contributed by atoms with E-state index in [0.29, 0.717) is 23.6 Å². The summed E-state index contributed by atoms with van der Waals surface area (Å²) in [5.74, 6) is 1.26. The molecule has 2 aromatic rings. The molecule has 1 amide bonds. The second kappa shape index (κ2) is 10.8. The molecule has 0 unspecified atom stereocenters. The van der Waals surface area contributed by atoms with Crippen molar-refractivity contribution < 1.29 is 28.5 Å². The molecule has 0 spiro atoms. The van der Waals surface area contributed by atoms with Crippen LogP contribution >= 0.6 is 0 Å². The van der Waals surface area contributed by atoms with Crippen molar-refractivity contribution in [3.8, 4) is 17.2 Å². The normalized spacial score (nSPS) is 10.1. The standard InChI is InChI=1S/C21H25NO6/c1-25-16-8-10-17(11-9-16)28-15-14-22(13-12-20(23)27-3)21(24)18-6-4-5-7-19(18)26-2/h4-11H,12-15H2,1-3H3. The van der Waals surface area contributed by atoms with Crippen molar-refractivity contribution in [2.45, 2.75) is 6.42 Å². The zero-order chi connectivity index (χ0) is 20.4. The lowest BCUT2D eigenvalue weighted by Crippen LogP contribution is -2.36. The molecule has 2 rings (SSSR count). The Kier molecular flexibility index (Phi) is 8.14. The van der Waals surface area contributed by atoms with Gasteiger partial charge in [0, 0.05) is 6.54 Å². The molecule has 0 radical (unpaired) electrons. The Morgan fingerprint density at radius 2 is 1.54 bits per heavy atom. The van der Waals surface area contributed by atoms with Crippen molar-refractivity contribution in [3.05, 3.63) is 54.1 Å². The van der Waals surface area contributed by atoms with Gasteiger partial charge in [0.1, 0.15) is 23.9 Å².